The lowest BCUT2D eigenvalue weighted by Crippen LogP contribution is -2.52. The molecule has 0 saturated heterocycles. The van der Waals surface area contributed by atoms with Gasteiger partial charge in [-0.1, -0.05) is 55.3 Å². The number of nitrogens with one attached hydrogen (secondary N) is 1. The molecule has 1 atom stereocenters. The summed E-state index contributed by atoms with van der Waals surface area (Å²) in [5.41, 5.74) is 1.96. The van der Waals surface area contributed by atoms with Gasteiger partial charge < -0.3 is 15.0 Å². The predicted molar refractivity (Wildman–Crippen MR) is 158 cm³/mol. The van der Waals surface area contributed by atoms with E-state index in [1.165, 1.54) is 17.0 Å². The number of rotatable bonds is 13. The monoisotopic (exact) mass is 585 g/mol. The number of benzene rings is 3. The normalized spacial score (nSPS) is 11.9. The van der Waals surface area contributed by atoms with Crippen LogP contribution in [0.5, 0.6) is 5.75 Å². The molecule has 0 saturated carbocycles. The fourth-order valence-electron chi connectivity index (χ4n) is 4.19. The summed E-state index contributed by atoms with van der Waals surface area (Å²) in [5.74, 6) is -0.141. The van der Waals surface area contributed by atoms with Crippen LogP contribution in [0, 0.1) is 6.92 Å². The van der Waals surface area contributed by atoms with Crippen molar-refractivity contribution in [2.75, 3.05) is 24.5 Å². The standard InChI is InChI=1S/C30H36ClN3O5S/c1-5-19-32-30(36)28(6-2)33(20-23-9-15-26(39-4)16-10-23)29(35)21-34(25-13-11-24(31)12-14-25)40(37,38)27-17-7-22(3)8-18-27/h7-18,28H,5-6,19-21H2,1-4H3,(H,32,36)/t28-/m1/s1. The molecule has 0 heterocycles. The van der Waals surface area contributed by atoms with E-state index in [0.717, 1.165) is 21.9 Å². The van der Waals surface area contributed by atoms with Gasteiger partial charge >= 0.3 is 0 Å². The molecule has 1 N–H and O–H groups in total. The number of hydrogen-bond acceptors (Lipinski definition) is 5. The van der Waals surface area contributed by atoms with Crippen molar-refractivity contribution in [2.45, 2.75) is 51.1 Å². The summed E-state index contributed by atoms with van der Waals surface area (Å²) >= 11 is 6.07. The van der Waals surface area contributed by atoms with Crippen molar-refractivity contribution in [2.24, 2.45) is 0 Å². The third-order valence-electron chi connectivity index (χ3n) is 6.45. The van der Waals surface area contributed by atoms with Crippen LogP contribution >= 0.6 is 11.6 Å². The Morgan fingerprint density at radius 3 is 2.12 bits per heavy atom. The van der Waals surface area contributed by atoms with Crippen LogP contribution in [0.25, 0.3) is 0 Å². The molecule has 0 aliphatic rings. The fraction of sp³-hybridized carbons (Fsp3) is 0.333. The number of halogens is 1. The van der Waals surface area contributed by atoms with Crippen LogP contribution in [-0.4, -0.2) is 51.4 Å². The second-order valence-electron chi connectivity index (χ2n) is 9.39. The second-order valence-corrected chi connectivity index (χ2v) is 11.7. The molecule has 0 aliphatic carbocycles. The van der Waals surface area contributed by atoms with E-state index < -0.39 is 28.5 Å². The number of carbonyl (C=O) groups is 2. The van der Waals surface area contributed by atoms with Crippen molar-refractivity contribution in [1.29, 1.82) is 0 Å². The van der Waals surface area contributed by atoms with Crippen molar-refractivity contribution in [3.63, 3.8) is 0 Å². The molecular formula is C30H36ClN3O5S. The minimum absolute atomic E-state index is 0.0512. The predicted octanol–water partition coefficient (Wildman–Crippen LogP) is 5.19. The number of carbonyl (C=O) groups excluding carboxylic acids is 2. The van der Waals surface area contributed by atoms with Gasteiger partial charge in [0.15, 0.2) is 0 Å². The number of anilines is 1. The van der Waals surface area contributed by atoms with E-state index in [1.807, 2.05) is 32.9 Å². The highest BCUT2D eigenvalue weighted by Gasteiger charge is 2.33. The van der Waals surface area contributed by atoms with Gasteiger partial charge in [-0.3, -0.25) is 13.9 Å². The molecule has 0 bridgehead atoms. The first-order valence-corrected chi connectivity index (χ1v) is 15.0. The number of sulfonamides is 1. The molecule has 0 aromatic heterocycles. The van der Waals surface area contributed by atoms with Gasteiger partial charge in [0.05, 0.1) is 17.7 Å². The first-order valence-electron chi connectivity index (χ1n) is 13.2. The quantitative estimate of drug-likeness (QED) is 0.298. The summed E-state index contributed by atoms with van der Waals surface area (Å²) in [6, 6.07) is 19.1. The van der Waals surface area contributed by atoms with Crippen LogP contribution in [0.4, 0.5) is 5.69 Å². The Morgan fingerprint density at radius 1 is 0.950 bits per heavy atom. The lowest BCUT2D eigenvalue weighted by molar-refractivity contribution is -0.140. The van der Waals surface area contributed by atoms with Gasteiger partial charge in [0, 0.05) is 18.1 Å². The Morgan fingerprint density at radius 2 is 1.57 bits per heavy atom. The Labute approximate surface area is 241 Å². The van der Waals surface area contributed by atoms with Gasteiger partial charge in [-0.05, 0) is 73.9 Å². The summed E-state index contributed by atoms with van der Waals surface area (Å²) in [7, 11) is -2.57. The number of amides is 2. The van der Waals surface area contributed by atoms with Gasteiger partial charge in [0.25, 0.3) is 10.0 Å². The molecule has 3 aromatic rings. The molecule has 40 heavy (non-hydrogen) atoms. The van der Waals surface area contributed by atoms with Gasteiger partial charge in [-0.25, -0.2) is 8.42 Å². The Hall–Kier alpha value is -3.56. The van der Waals surface area contributed by atoms with Crippen LogP contribution in [0.1, 0.15) is 37.8 Å². The number of ether oxygens (including phenoxy) is 1. The van der Waals surface area contributed by atoms with E-state index >= 15 is 0 Å². The van der Waals surface area contributed by atoms with E-state index in [4.69, 9.17) is 16.3 Å². The summed E-state index contributed by atoms with van der Waals surface area (Å²) in [4.78, 5) is 28.7. The SMILES string of the molecule is CCCNC(=O)[C@@H](CC)N(Cc1ccc(OC)cc1)C(=O)CN(c1ccc(Cl)cc1)S(=O)(=O)c1ccc(C)cc1. The number of aryl methyl sites for hydroxylation is 1. The van der Waals surface area contributed by atoms with E-state index in [1.54, 1.807) is 55.6 Å². The third kappa shape index (κ3) is 7.76. The van der Waals surface area contributed by atoms with Gasteiger partial charge in [-0.15, -0.1) is 0 Å². The van der Waals surface area contributed by atoms with E-state index in [2.05, 4.69) is 5.32 Å². The molecular weight excluding hydrogens is 550 g/mol. The average Bonchev–Trinajstić information content (AvgIpc) is 2.95. The number of nitrogens with zero attached hydrogens (tertiary/aromatic N) is 2. The first-order chi connectivity index (χ1) is 19.1. The molecule has 10 heteroatoms. The van der Waals surface area contributed by atoms with Crippen LogP contribution in [0.15, 0.2) is 77.7 Å². The summed E-state index contributed by atoms with van der Waals surface area (Å²) < 4.78 is 34.0. The van der Waals surface area contributed by atoms with Crippen molar-refractivity contribution >= 4 is 39.1 Å². The zero-order valence-corrected chi connectivity index (χ0v) is 24.8. The van der Waals surface area contributed by atoms with Crippen LogP contribution in [-0.2, 0) is 26.2 Å². The third-order valence-corrected chi connectivity index (χ3v) is 8.49. The maximum absolute atomic E-state index is 14.0. The molecule has 8 nitrogen and oxygen atoms in total. The largest absolute Gasteiger partial charge is 0.497 e. The maximum Gasteiger partial charge on any atom is 0.264 e. The van der Waals surface area contributed by atoms with E-state index in [0.29, 0.717) is 23.7 Å². The van der Waals surface area contributed by atoms with Crippen molar-refractivity contribution in [3.05, 3.63) is 88.9 Å². The highest BCUT2D eigenvalue weighted by atomic mass is 35.5. The minimum atomic E-state index is -4.14. The van der Waals surface area contributed by atoms with Crippen LogP contribution in [0.2, 0.25) is 5.02 Å². The lowest BCUT2D eigenvalue weighted by Gasteiger charge is -2.33. The summed E-state index contributed by atoms with van der Waals surface area (Å²) in [6.45, 7) is 5.71. The van der Waals surface area contributed by atoms with E-state index in [-0.39, 0.29) is 23.0 Å². The molecule has 0 spiro atoms. The Bertz CT molecular complexity index is 1380. The Kier molecular flexibility index (Phi) is 11.0. The van der Waals surface area contributed by atoms with Crippen molar-refractivity contribution in [3.8, 4) is 5.75 Å². The highest BCUT2D eigenvalue weighted by Crippen LogP contribution is 2.26. The minimum Gasteiger partial charge on any atom is -0.497 e. The van der Waals surface area contributed by atoms with Crippen molar-refractivity contribution in [1.82, 2.24) is 10.2 Å². The summed E-state index contributed by atoms with van der Waals surface area (Å²) in [5, 5.41) is 3.31. The van der Waals surface area contributed by atoms with Crippen LogP contribution < -0.4 is 14.4 Å². The molecule has 2 amide bonds. The smallest absolute Gasteiger partial charge is 0.264 e. The number of methoxy groups -OCH3 is 1. The van der Waals surface area contributed by atoms with Crippen molar-refractivity contribution < 1.29 is 22.7 Å². The highest BCUT2D eigenvalue weighted by molar-refractivity contribution is 7.92. The zero-order chi connectivity index (χ0) is 29.3. The van der Waals surface area contributed by atoms with Gasteiger partial charge in [0.1, 0.15) is 18.3 Å². The second kappa shape index (κ2) is 14.2. The molecule has 214 valence electrons. The molecule has 0 unspecified atom stereocenters. The average molecular weight is 586 g/mol. The topological polar surface area (TPSA) is 96.0 Å². The molecule has 3 aromatic carbocycles. The summed E-state index contributed by atoms with van der Waals surface area (Å²) in [6.07, 6.45) is 1.09. The van der Waals surface area contributed by atoms with Gasteiger partial charge in [-0.2, -0.15) is 0 Å². The first kappa shape index (κ1) is 31.0. The molecule has 0 radical (unpaired) electrons. The molecule has 3 rings (SSSR count). The lowest BCUT2D eigenvalue weighted by atomic mass is 10.1. The molecule has 0 fully saturated rings. The molecule has 0 aliphatic heterocycles. The zero-order valence-electron chi connectivity index (χ0n) is 23.3. The van der Waals surface area contributed by atoms with Gasteiger partial charge in [0.2, 0.25) is 11.8 Å². The fourth-order valence-corrected chi connectivity index (χ4v) is 5.73. The van der Waals surface area contributed by atoms with Crippen LogP contribution in [0.3, 0.4) is 0 Å². The van der Waals surface area contributed by atoms with E-state index in [9.17, 15) is 18.0 Å². The number of hydrogen-bond donors (Lipinski definition) is 1. The maximum atomic E-state index is 14.0. The Balaban J connectivity index is 2.03.